The molecule has 2 aromatic carbocycles. The van der Waals surface area contributed by atoms with Crippen LogP contribution in [-0.4, -0.2) is 32.2 Å². The van der Waals surface area contributed by atoms with Gasteiger partial charge in [-0.15, -0.1) is 15.0 Å². The first-order chi connectivity index (χ1) is 13.6. The van der Waals surface area contributed by atoms with Gasteiger partial charge in [0.05, 0.1) is 0 Å². The number of carbonyl (C=O) groups is 1. The number of fused-ring (bicyclic) bond motifs is 1. The summed E-state index contributed by atoms with van der Waals surface area (Å²) in [5.41, 5.74) is 4.66. The van der Waals surface area contributed by atoms with Crippen molar-refractivity contribution in [1.82, 2.24) is 15.0 Å². The van der Waals surface area contributed by atoms with Crippen LogP contribution in [0.2, 0.25) is 0 Å². The first-order valence-electron chi connectivity index (χ1n) is 9.62. The van der Waals surface area contributed by atoms with Gasteiger partial charge in [0, 0.05) is 18.1 Å². The van der Waals surface area contributed by atoms with Crippen LogP contribution >= 0.6 is 0 Å². The summed E-state index contributed by atoms with van der Waals surface area (Å²) < 4.78 is 5.23. The monoisotopic (exact) mass is 393 g/mol. The molecule has 3 rings (SSSR count). The van der Waals surface area contributed by atoms with Gasteiger partial charge in [-0.25, -0.2) is 4.79 Å². The minimum atomic E-state index is -0.436. The summed E-state index contributed by atoms with van der Waals surface area (Å²) in [6, 6.07) is 9.62. The maximum Gasteiger partial charge on any atom is 0.330 e. The number of aromatic hydroxyl groups is 1. The van der Waals surface area contributed by atoms with E-state index in [4.69, 9.17) is 4.74 Å². The molecule has 3 aromatic rings. The lowest BCUT2D eigenvalue weighted by molar-refractivity contribution is -0.142. The van der Waals surface area contributed by atoms with E-state index in [1.807, 2.05) is 44.2 Å². The number of esters is 1. The number of hydrogen-bond acceptors (Lipinski definition) is 5. The van der Waals surface area contributed by atoms with Crippen molar-refractivity contribution in [3.63, 3.8) is 0 Å². The van der Waals surface area contributed by atoms with Crippen molar-refractivity contribution in [2.75, 3.05) is 0 Å². The Bertz CT molecular complexity index is 1080. The van der Waals surface area contributed by atoms with Gasteiger partial charge in [0.1, 0.15) is 28.6 Å². The van der Waals surface area contributed by atoms with E-state index in [9.17, 15) is 9.90 Å². The Kier molecular flexibility index (Phi) is 5.46. The molecule has 0 bridgehead atoms. The highest BCUT2D eigenvalue weighted by Gasteiger charge is 2.22. The van der Waals surface area contributed by atoms with Crippen molar-refractivity contribution in [2.24, 2.45) is 0 Å². The number of ether oxygens (including phenoxy) is 1. The second kappa shape index (κ2) is 7.70. The molecular formula is C23H27N3O3. The fourth-order valence-electron chi connectivity index (χ4n) is 3.30. The molecule has 0 saturated carbocycles. The normalized spacial score (nSPS) is 12.7. The third kappa shape index (κ3) is 4.47. The lowest BCUT2D eigenvalue weighted by atomic mass is 9.85. The highest BCUT2D eigenvalue weighted by atomic mass is 16.5. The van der Waals surface area contributed by atoms with Crippen LogP contribution in [0.4, 0.5) is 0 Å². The van der Waals surface area contributed by atoms with Crippen LogP contribution in [0.25, 0.3) is 16.7 Å². The van der Waals surface area contributed by atoms with E-state index < -0.39 is 5.97 Å². The van der Waals surface area contributed by atoms with Gasteiger partial charge in [0.2, 0.25) is 0 Å². The lowest BCUT2D eigenvalue weighted by Crippen LogP contribution is -2.15. The number of aryl methyl sites for hydroxylation is 1. The van der Waals surface area contributed by atoms with Crippen molar-refractivity contribution < 1.29 is 14.6 Å². The van der Waals surface area contributed by atoms with Crippen LogP contribution in [0.5, 0.6) is 5.75 Å². The van der Waals surface area contributed by atoms with E-state index in [0.29, 0.717) is 17.6 Å². The van der Waals surface area contributed by atoms with Crippen molar-refractivity contribution in [1.29, 1.82) is 0 Å². The summed E-state index contributed by atoms with van der Waals surface area (Å²) >= 11 is 0. The molecule has 0 spiro atoms. The summed E-state index contributed by atoms with van der Waals surface area (Å²) in [6.45, 7) is 13.4. The maximum atomic E-state index is 11.4. The molecule has 0 aliphatic rings. The Morgan fingerprint density at radius 1 is 1.24 bits per heavy atom. The average molecular weight is 393 g/mol. The molecule has 0 aliphatic carbocycles. The molecule has 0 saturated heterocycles. The molecule has 6 nitrogen and oxygen atoms in total. The SMILES string of the molecule is C=CC(=O)OC(C)Cc1ccc2nn(-c3cc(C)cc(C(C)(C)C)c3O)nc2c1. The zero-order valence-electron chi connectivity index (χ0n) is 17.6. The molecule has 0 fully saturated rings. The van der Waals surface area contributed by atoms with Crippen molar-refractivity contribution in [3.8, 4) is 11.4 Å². The van der Waals surface area contributed by atoms with Crippen molar-refractivity contribution in [2.45, 2.75) is 52.6 Å². The third-order valence-electron chi connectivity index (χ3n) is 4.71. The summed E-state index contributed by atoms with van der Waals surface area (Å²) in [4.78, 5) is 12.8. The standard InChI is InChI=1S/C23H27N3O3/c1-7-21(27)29-15(3)12-16-8-9-18-19(13-16)25-26(24-18)20-11-14(2)10-17(22(20)28)23(4,5)6/h7-11,13,15,28H,1,12H2,2-6H3. The fraction of sp³-hybridized carbons (Fsp3) is 0.348. The van der Waals surface area contributed by atoms with Crippen LogP contribution in [0.1, 0.15) is 44.4 Å². The Hall–Kier alpha value is -3.15. The van der Waals surface area contributed by atoms with Crippen LogP contribution in [-0.2, 0) is 21.4 Å². The van der Waals surface area contributed by atoms with Gasteiger partial charge in [-0.05, 0) is 48.6 Å². The topological polar surface area (TPSA) is 77.2 Å². The first-order valence-corrected chi connectivity index (χ1v) is 9.62. The van der Waals surface area contributed by atoms with Crippen LogP contribution in [0.3, 0.4) is 0 Å². The zero-order chi connectivity index (χ0) is 21.3. The molecule has 1 atom stereocenters. The van der Waals surface area contributed by atoms with Gasteiger partial charge in [-0.3, -0.25) is 0 Å². The Balaban J connectivity index is 1.96. The predicted molar refractivity (Wildman–Crippen MR) is 113 cm³/mol. The lowest BCUT2D eigenvalue weighted by Gasteiger charge is -2.22. The molecule has 29 heavy (non-hydrogen) atoms. The average Bonchev–Trinajstić information content (AvgIpc) is 3.05. The summed E-state index contributed by atoms with van der Waals surface area (Å²) in [5.74, 6) is -0.248. The highest BCUT2D eigenvalue weighted by molar-refractivity contribution is 5.81. The number of phenolic OH excluding ortho intramolecular Hbond substituents is 1. The predicted octanol–water partition coefficient (Wildman–Crippen LogP) is 4.39. The second-order valence-corrected chi connectivity index (χ2v) is 8.40. The van der Waals surface area contributed by atoms with Crippen molar-refractivity contribution >= 4 is 17.0 Å². The Morgan fingerprint density at radius 2 is 1.93 bits per heavy atom. The van der Waals surface area contributed by atoms with Gasteiger partial charge in [-0.2, -0.15) is 0 Å². The molecule has 1 aromatic heterocycles. The summed E-state index contributed by atoms with van der Waals surface area (Å²) in [7, 11) is 0. The minimum absolute atomic E-state index is 0.189. The van der Waals surface area contributed by atoms with E-state index >= 15 is 0 Å². The third-order valence-corrected chi connectivity index (χ3v) is 4.71. The molecule has 152 valence electrons. The maximum absolute atomic E-state index is 11.4. The number of rotatable bonds is 5. The summed E-state index contributed by atoms with van der Waals surface area (Å²) in [5, 5.41) is 20.0. The Morgan fingerprint density at radius 3 is 2.59 bits per heavy atom. The van der Waals surface area contributed by atoms with Gasteiger partial charge in [-0.1, -0.05) is 39.5 Å². The molecule has 0 aliphatic heterocycles. The molecule has 0 amide bonds. The van der Waals surface area contributed by atoms with E-state index in [1.54, 1.807) is 0 Å². The molecule has 0 radical (unpaired) electrons. The zero-order valence-corrected chi connectivity index (χ0v) is 17.6. The number of aromatic nitrogens is 3. The van der Waals surface area contributed by atoms with E-state index in [0.717, 1.165) is 28.3 Å². The van der Waals surface area contributed by atoms with Crippen LogP contribution in [0.15, 0.2) is 43.0 Å². The van der Waals surface area contributed by atoms with E-state index in [-0.39, 0.29) is 17.3 Å². The fourth-order valence-corrected chi connectivity index (χ4v) is 3.30. The second-order valence-electron chi connectivity index (χ2n) is 8.40. The molecule has 1 heterocycles. The molecule has 1 unspecified atom stereocenters. The number of phenols is 1. The number of carbonyl (C=O) groups excluding carboxylic acids is 1. The summed E-state index contributed by atoms with van der Waals surface area (Å²) in [6.07, 6.45) is 1.45. The van der Waals surface area contributed by atoms with E-state index in [2.05, 4.69) is 37.5 Å². The molecule has 6 heteroatoms. The van der Waals surface area contributed by atoms with E-state index in [1.165, 1.54) is 4.80 Å². The molecule has 1 N–H and O–H groups in total. The van der Waals surface area contributed by atoms with Crippen LogP contribution in [0, 0.1) is 6.92 Å². The van der Waals surface area contributed by atoms with Gasteiger partial charge in [0.25, 0.3) is 0 Å². The highest BCUT2D eigenvalue weighted by Crippen LogP contribution is 2.36. The van der Waals surface area contributed by atoms with Gasteiger partial charge in [0.15, 0.2) is 0 Å². The van der Waals surface area contributed by atoms with Crippen molar-refractivity contribution in [3.05, 3.63) is 59.7 Å². The smallest absolute Gasteiger partial charge is 0.330 e. The first kappa shape index (κ1) is 20.6. The van der Waals surface area contributed by atoms with Gasteiger partial charge >= 0.3 is 5.97 Å². The number of benzene rings is 2. The van der Waals surface area contributed by atoms with Crippen LogP contribution < -0.4 is 0 Å². The largest absolute Gasteiger partial charge is 0.505 e. The minimum Gasteiger partial charge on any atom is -0.505 e. The molecular weight excluding hydrogens is 366 g/mol. The number of nitrogens with zero attached hydrogens (tertiary/aromatic N) is 3. The quantitative estimate of drug-likeness (QED) is 0.514. The number of hydrogen-bond donors (Lipinski definition) is 1. The van der Waals surface area contributed by atoms with Gasteiger partial charge < -0.3 is 9.84 Å². The Labute approximate surface area is 170 Å².